The van der Waals surface area contributed by atoms with E-state index in [0.717, 1.165) is 0 Å². The second-order valence-corrected chi connectivity index (χ2v) is 7.48. The van der Waals surface area contributed by atoms with Gasteiger partial charge in [-0.1, -0.05) is 0 Å². The van der Waals surface area contributed by atoms with Gasteiger partial charge in [-0.2, -0.15) is 0 Å². The number of rotatable bonds is 15. The molecule has 40 heavy (non-hydrogen) atoms. The average Bonchev–Trinajstić information content (AvgIpc) is 2.92. The fourth-order valence-corrected chi connectivity index (χ4v) is 1.99. The third kappa shape index (κ3) is 17.2. The van der Waals surface area contributed by atoms with Crippen LogP contribution in [-0.4, -0.2) is 188 Å². The molecule has 0 fully saturated rings. The van der Waals surface area contributed by atoms with E-state index in [4.69, 9.17) is 76.6 Å². The first-order valence-corrected chi connectivity index (χ1v) is 10.4. The minimum Gasteiger partial charge on any atom is -0.547 e. The SMILES string of the molecule is O=C([O-])C(O)C(O)C(O)C(O)CO.O=C([O-])C(O)C(O)C(O)C(O)CO.O=C([O-])C(O)C(O)C(O)C(O)CO.[Pr+3]. The Morgan fingerprint density at radius 3 is 0.650 bits per heavy atom. The predicted molar refractivity (Wildman–Crippen MR) is 108 cm³/mol. The van der Waals surface area contributed by atoms with E-state index in [0.29, 0.717) is 0 Å². The second-order valence-electron chi connectivity index (χ2n) is 7.48. The van der Waals surface area contributed by atoms with Crippen LogP contribution < -0.4 is 15.3 Å². The summed E-state index contributed by atoms with van der Waals surface area (Å²) in [5.74, 6) is -5.93. The largest absolute Gasteiger partial charge is 3.00 e. The third-order valence-corrected chi connectivity index (χ3v) is 4.49. The Balaban J connectivity index is -0.000000240. The van der Waals surface area contributed by atoms with Crippen molar-refractivity contribution in [3.63, 3.8) is 0 Å². The molecule has 0 saturated carbocycles. The molecule has 0 heterocycles. The molecule has 0 aromatic heterocycles. The number of hydrogen-bond donors (Lipinski definition) is 15. The average molecular weight is 726 g/mol. The number of aliphatic hydroxyl groups is 15. The number of carbonyl (C=O) groups is 3. The summed E-state index contributed by atoms with van der Waals surface area (Å²) in [6, 6.07) is 0. The van der Waals surface area contributed by atoms with Gasteiger partial charge in [-0.15, -0.1) is 0 Å². The summed E-state index contributed by atoms with van der Waals surface area (Å²) in [5, 5.41) is 160. The minimum atomic E-state index is -2.31. The predicted octanol–water partition coefficient (Wildman–Crippen LogP) is -14.5. The number of hydrogen-bond acceptors (Lipinski definition) is 21. The van der Waals surface area contributed by atoms with Crippen molar-refractivity contribution in [1.29, 1.82) is 0 Å². The van der Waals surface area contributed by atoms with Crippen molar-refractivity contribution in [1.82, 2.24) is 0 Å². The first-order valence-electron chi connectivity index (χ1n) is 10.4. The standard InChI is InChI=1S/3C6H12O7.Pr/c3*7-1-2(8)3(9)4(10)5(11)6(12)13;/h3*2-5,7-11H,1H2,(H,12,13);/q;;;+3/p-3. The smallest absolute Gasteiger partial charge is 0.547 e. The second kappa shape index (κ2) is 23.7. The van der Waals surface area contributed by atoms with Crippen molar-refractivity contribution in [2.45, 2.75) is 73.2 Å². The van der Waals surface area contributed by atoms with Crippen molar-refractivity contribution >= 4 is 17.9 Å². The molecule has 0 rings (SSSR count). The zero-order valence-corrected chi connectivity index (χ0v) is 24.0. The number of carboxylic acids is 3. The van der Waals surface area contributed by atoms with Gasteiger partial charge in [-0.3, -0.25) is 0 Å². The molecule has 12 atom stereocenters. The van der Waals surface area contributed by atoms with E-state index in [1.54, 1.807) is 0 Å². The van der Waals surface area contributed by atoms with Crippen LogP contribution in [0.25, 0.3) is 0 Å². The summed E-state index contributed by atoms with van der Waals surface area (Å²) in [5.41, 5.74) is 0. The van der Waals surface area contributed by atoms with Crippen molar-refractivity contribution < 1.29 is 148 Å². The Morgan fingerprint density at radius 1 is 0.400 bits per heavy atom. The maximum absolute atomic E-state index is 9.98. The molecule has 234 valence electrons. The number of aliphatic hydroxyl groups excluding tert-OH is 15. The van der Waals surface area contributed by atoms with Crippen LogP contribution >= 0.6 is 0 Å². The number of carboxylic acid groups (broad SMARTS) is 3. The van der Waals surface area contributed by atoms with E-state index < -0.39 is 111 Å². The summed E-state index contributed by atoms with van der Waals surface area (Å²) in [4.78, 5) is 29.9. The zero-order valence-electron chi connectivity index (χ0n) is 20.3. The Morgan fingerprint density at radius 2 is 0.550 bits per heavy atom. The molecule has 0 aromatic rings. The van der Waals surface area contributed by atoms with Gasteiger partial charge in [0.1, 0.15) is 73.2 Å². The monoisotopic (exact) mass is 726 g/mol. The maximum atomic E-state index is 9.98. The fraction of sp³-hybridized carbons (Fsp3) is 0.833. The molecule has 15 N–H and O–H groups in total. The Kier molecular flexibility index (Phi) is 27.3. The van der Waals surface area contributed by atoms with Crippen LogP contribution in [0.1, 0.15) is 0 Å². The van der Waals surface area contributed by atoms with Crippen molar-refractivity contribution in [2.24, 2.45) is 0 Å². The molecular formula is C18H33O21Pr. The first-order chi connectivity index (χ1) is 17.7. The molecule has 0 amide bonds. The first kappa shape index (κ1) is 46.1. The summed E-state index contributed by atoms with van der Waals surface area (Å²) in [6.45, 7) is -2.59. The molecule has 0 aliphatic rings. The van der Waals surface area contributed by atoms with Gasteiger partial charge in [-0.25, -0.2) is 0 Å². The number of aliphatic carboxylic acids is 3. The van der Waals surface area contributed by atoms with Crippen LogP contribution in [-0.2, 0) is 14.4 Å². The van der Waals surface area contributed by atoms with Crippen molar-refractivity contribution in [3.05, 3.63) is 0 Å². The molecule has 0 saturated heterocycles. The molecule has 0 radical (unpaired) electrons. The summed E-state index contributed by atoms with van der Waals surface area (Å²) in [6.07, 6.45) is -24.2. The van der Waals surface area contributed by atoms with Crippen LogP contribution in [0.5, 0.6) is 0 Å². The quantitative estimate of drug-likeness (QED) is 0.0744. The van der Waals surface area contributed by atoms with Gasteiger partial charge < -0.3 is 106 Å². The fourth-order valence-electron chi connectivity index (χ4n) is 1.99. The van der Waals surface area contributed by atoms with Crippen LogP contribution in [0.3, 0.4) is 0 Å². The molecule has 0 aliphatic heterocycles. The van der Waals surface area contributed by atoms with Crippen molar-refractivity contribution in [3.8, 4) is 0 Å². The Labute approximate surface area is 257 Å². The van der Waals surface area contributed by atoms with Crippen LogP contribution in [0.2, 0.25) is 0 Å². The topological polar surface area (TPSA) is 424 Å². The minimum absolute atomic E-state index is 0. The summed E-state index contributed by atoms with van der Waals surface area (Å²) in [7, 11) is 0. The van der Waals surface area contributed by atoms with Gasteiger partial charge in [0, 0.05) is 0 Å². The molecule has 0 aliphatic carbocycles. The van der Waals surface area contributed by atoms with Gasteiger partial charge in [0.15, 0.2) is 0 Å². The third-order valence-electron chi connectivity index (χ3n) is 4.49. The molecule has 22 heteroatoms. The Bertz CT molecular complexity index is 608. The van der Waals surface area contributed by atoms with E-state index in [-0.39, 0.29) is 41.3 Å². The van der Waals surface area contributed by atoms with Crippen LogP contribution in [0, 0.1) is 41.3 Å². The van der Waals surface area contributed by atoms with Gasteiger partial charge in [0.2, 0.25) is 0 Å². The molecule has 12 unspecified atom stereocenters. The van der Waals surface area contributed by atoms with Gasteiger partial charge >= 0.3 is 41.3 Å². The number of carbonyl (C=O) groups excluding carboxylic acids is 3. The van der Waals surface area contributed by atoms with E-state index in [9.17, 15) is 29.7 Å². The van der Waals surface area contributed by atoms with Crippen LogP contribution in [0.15, 0.2) is 0 Å². The van der Waals surface area contributed by atoms with E-state index in [1.807, 2.05) is 0 Å². The maximum Gasteiger partial charge on any atom is 3.00 e. The van der Waals surface area contributed by atoms with E-state index in [2.05, 4.69) is 0 Å². The Hall–Kier alpha value is -0.826. The normalized spacial score (nSPS) is 19.9. The van der Waals surface area contributed by atoms with Crippen LogP contribution in [0.4, 0.5) is 0 Å². The van der Waals surface area contributed by atoms with Gasteiger partial charge in [-0.05, 0) is 0 Å². The molecule has 0 aromatic carbocycles. The zero-order chi connectivity index (χ0) is 31.8. The molecule has 21 nitrogen and oxygen atoms in total. The molecule has 0 spiro atoms. The summed E-state index contributed by atoms with van der Waals surface area (Å²) < 4.78 is 0. The molecule has 0 bridgehead atoms. The summed E-state index contributed by atoms with van der Waals surface area (Å²) >= 11 is 0. The molecular weight excluding hydrogens is 693 g/mol. The van der Waals surface area contributed by atoms with E-state index in [1.165, 1.54) is 0 Å². The van der Waals surface area contributed by atoms with Gasteiger partial charge in [0.25, 0.3) is 0 Å². The van der Waals surface area contributed by atoms with Gasteiger partial charge in [0.05, 0.1) is 37.7 Å². The van der Waals surface area contributed by atoms with Crippen molar-refractivity contribution in [2.75, 3.05) is 19.8 Å². The van der Waals surface area contributed by atoms with E-state index >= 15 is 0 Å².